The molecule has 4 atom stereocenters. The predicted molar refractivity (Wildman–Crippen MR) is 146 cm³/mol. The number of esters is 1. The number of ether oxygens (including phenoxy) is 3. The summed E-state index contributed by atoms with van der Waals surface area (Å²) in [5, 5.41) is 7.13. The number of alkyl carbamates (subject to hydrolysis) is 2. The normalized spacial score (nSPS) is 14.4. The lowest BCUT2D eigenvalue weighted by Gasteiger charge is -2.26. The van der Waals surface area contributed by atoms with Gasteiger partial charge in [-0.1, -0.05) is 74.0 Å². The Morgan fingerprint density at radius 3 is 1.80 bits per heavy atom. The molecule has 0 heterocycles. The highest BCUT2D eigenvalue weighted by molar-refractivity contribution is 7.58. The Kier molecular flexibility index (Phi) is 13.1. The van der Waals surface area contributed by atoms with Crippen LogP contribution in [0.2, 0.25) is 0 Å². The lowest BCUT2D eigenvalue weighted by Crippen LogP contribution is -2.53. The minimum absolute atomic E-state index is 0.00963. The van der Waals surface area contributed by atoms with E-state index < -0.39 is 55.5 Å². The zero-order chi connectivity index (χ0) is 29.5. The van der Waals surface area contributed by atoms with E-state index in [0.29, 0.717) is 6.42 Å². The third-order valence-corrected chi connectivity index (χ3v) is 8.02. The van der Waals surface area contributed by atoms with Crippen molar-refractivity contribution in [2.75, 3.05) is 13.3 Å². The summed E-state index contributed by atoms with van der Waals surface area (Å²) in [4.78, 5) is 60.5. The van der Waals surface area contributed by atoms with E-state index in [1.807, 2.05) is 12.1 Å². The maximum atomic E-state index is 13.1. The van der Waals surface area contributed by atoms with E-state index in [1.165, 1.54) is 6.92 Å². The van der Waals surface area contributed by atoms with Gasteiger partial charge in [0.1, 0.15) is 31.1 Å². The van der Waals surface area contributed by atoms with Crippen LogP contribution in [-0.4, -0.2) is 60.1 Å². The van der Waals surface area contributed by atoms with Crippen LogP contribution in [-0.2, 0) is 41.6 Å². The smallest absolute Gasteiger partial charge is 0.408 e. The lowest BCUT2D eigenvalue weighted by molar-refractivity contribution is -0.144. The fraction of sp³-hybridized carbons (Fsp3) is 0.407. The molecule has 12 nitrogen and oxygen atoms in total. The van der Waals surface area contributed by atoms with Gasteiger partial charge in [-0.3, -0.25) is 9.36 Å². The van der Waals surface area contributed by atoms with Crippen LogP contribution in [0.1, 0.15) is 37.8 Å². The van der Waals surface area contributed by atoms with Gasteiger partial charge in [-0.05, 0) is 24.5 Å². The van der Waals surface area contributed by atoms with Crippen molar-refractivity contribution in [1.82, 2.24) is 16.0 Å². The highest BCUT2D eigenvalue weighted by atomic mass is 31.2. The molecule has 0 spiro atoms. The van der Waals surface area contributed by atoms with Crippen molar-refractivity contribution >= 4 is 31.4 Å². The molecule has 0 saturated carbocycles. The molecule has 0 radical (unpaired) electrons. The molecule has 4 N–H and O–H groups in total. The minimum Gasteiger partial charge on any atom is -0.467 e. The maximum absolute atomic E-state index is 13.1. The van der Waals surface area contributed by atoms with E-state index in [-0.39, 0.29) is 19.6 Å². The number of carbonyl (C=O) groups is 4. The number of benzene rings is 2. The number of hydrogen-bond donors (Lipinski definition) is 4. The van der Waals surface area contributed by atoms with Crippen LogP contribution in [0.4, 0.5) is 9.59 Å². The summed E-state index contributed by atoms with van der Waals surface area (Å²) >= 11 is 0. The summed E-state index contributed by atoms with van der Waals surface area (Å²) in [6.07, 6.45) is -1.78. The Bertz CT molecular complexity index is 1160. The summed E-state index contributed by atoms with van der Waals surface area (Å²) in [5.74, 6) is -3.04. The third kappa shape index (κ3) is 11.1. The summed E-state index contributed by atoms with van der Waals surface area (Å²) in [5.41, 5.74) is 1.48. The van der Waals surface area contributed by atoms with Crippen LogP contribution in [0.3, 0.4) is 0 Å². The highest BCUT2D eigenvalue weighted by Crippen LogP contribution is 2.45. The van der Waals surface area contributed by atoms with Gasteiger partial charge < -0.3 is 35.1 Å². The van der Waals surface area contributed by atoms with E-state index in [9.17, 15) is 28.6 Å². The average molecular weight is 578 g/mol. The Balaban J connectivity index is 1.97. The second-order valence-corrected chi connectivity index (χ2v) is 11.6. The zero-order valence-electron chi connectivity index (χ0n) is 22.7. The number of amides is 3. The summed E-state index contributed by atoms with van der Waals surface area (Å²) in [6.45, 7) is 3.02. The molecule has 2 rings (SSSR count). The molecule has 0 saturated heterocycles. The molecule has 0 fully saturated rings. The SMILES string of the molecule is CCC[C@H](NC(=O)OCc1ccccc1)C(=O)NC(CP(=O)(O)C(C)NC(=O)OCc1ccccc1)C(=O)OC. The van der Waals surface area contributed by atoms with Crippen LogP contribution in [0.15, 0.2) is 60.7 Å². The first kappa shape index (κ1) is 32.3. The van der Waals surface area contributed by atoms with Gasteiger partial charge in [0.05, 0.1) is 13.3 Å². The minimum atomic E-state index is -4.27. The predicted octanol–water partition coefficient (Wildman–Crippen LogP) is 3.28. The van der Waals surface area contributed by atoms with E-state index in [0.717, 1.165) is 18.2 Å². The van der Waals surface area contributed by atoms with Crippen molar-refractivity contribution in [3.63, 3.8) is 0 Å². The highest BCUT2D eigenvalue weighted by Gasteiger charge is 2.37. The van der Waals surface area contributed by atoms with Gasteiger partial charge in [-0.25, -0.2) is 14.4 Å². The van der Waals surface area contributed by atoms with E-state index in [1.54, 1.807) is 55.5 Å². The molecule has 0 aromatic heterocycles. The van der Waals surface area contributed by atoms with Crippen LogP contribution in [0, 0.1) is 0 Å². The van der Waals surface area contributed by atoms with Crippen molar-refractivity contribution in [3.8, 4) is 0 Å². The summed E-state index contributed by atoms with van der Waals surface area (Å²) in [6, 6.07) is 15.2. The molecule has 2 aromatic rings. The Labute approximate surface area is 233 Å². The van der Waals surface area contributed by atoms with E-state index in [4.69, 9.17) is 14.2 Å². The molecule has 0 bridgehead atoms. The van der Waals surface area contributed by atoms with Gasteiger partial charge in [0, 0.05) is 0 Å². The molecular weight excluding hydrogens is 541 g/mol. The lowest BCUT2D eigenvalue weighted by atomic mass is 10.1. The molecule has 0 aliphatic heterocycles. The fourth-order valence-corrected chi connectivity index (χ4v) is 4.90. The number of methoxy groups -OCH3 is 1. The summed E-state index contributed by atoms with van der Waals surface area (Å²) in [7, 11) is -3.21. The molecule has 13 heteroatoms. The van der Waals surface area contributed by atoms with Crippen molar-refractivity contribution in [2.24, 2.45) is 0 Å². The van der Waals surface area contributed by atoms with Crippen LogP contribution < -0.4 is 16.0 Å². The maximum Gasteiger partial charge on any atom is 0.408 e. The second-order valence-electron chi connectivity index (χ2n) is 8.95. The van der Waals surface area contributed by atoms with Crippen molar-refractivity contribution in [3.05, 3.63) is 71.8 Å². The monoisotopic (exact) mass is 577 g/mol. The first-order valence-corrected chi connectivity index (χ1v) is 14.6. The van der Waals surface area contributed by atoms with Gasteiger partial charge in [0.2, 0.25) is 13.3 Å². The van der Waals surface area contributed by atoms with Gasteiger partial charge >= 0.3 is 18.2 Å². The molecule has 0 aliphatic carbocycles. The molecule has 3 unspecified atom stereocenters. The van der Waals surface area contributed by atoms with Gasteiger partial charge in [0.25, 0.3) is 0 Å². The zero-order valence-corrected chi connectivity index (χ0v) is 23.6. The molecule has 40 heavy (non-hydrogen) atoms. The standard InChI is InChI=1S/C27H36N3O9P/c1-4-11-22(30-27(34)39-17-21-14-9-6-10-15-21)24(31)29-23(25(32)37-3)18-40(35,36)19(2)28-26(33)38-16-20-12-7-5-8-13-20/h5-10,12-15,19,22-23H,4,11,16-18H2,1-3H3,(H,28,33)(H,29,31)(H,30,34)(H,35,36)/t19?,22-,23?/m0/s1. The van der Waals surface area contributed by atoms with Crippen molar-refractivity contribution in [1.29, 1.82) is 0 Å². The average Bonchev–Trinajstić information content (AvgIpc) is 2.94. The third-order valence-electron chi connectivity index (χ3n) is 5.79. The Hall–Kier alpha value is -3.89. The number of hydrogen-bond acceptors (Lipinski definition) is 8. The van der Waals surface area contributed by atoms with Crippen molar-refractivity contribution < 1.29 is 42.8 Å². The second kappa shape index (κ2) is 16.3. The number of carbonyl (C=O) groups excluding carboxylic acids is 4. The van der Waals surface area contributed by atoms with Crippen LogP contribution in [0.25, 0.3) is 0 Å². The van der Waals surface area contributed by atoms with E-state index >= 15 is 0 Å². The molecular formula is C27H36N3O9P. The van der Waals surface area contributed by atoms with Gasteiger partial charge in [-0.15, -0.1) is 0 Å². The Morgan fingerprint density at radius 2 is 1.32 bits per heavy atom. The van der Waals surface area contributed by atoms with E-state index in [2.05, 4.69) is 16.0 Å². The first-order chi connectivity index (χ1) is 19.1. The largest absolute Gasteiger partial charge is 0.467 e. The Morgan fingerprint density at radius 1 is 0.825 bits per heavy atom. The van der Waals surface area contributed by atoms with Crippen LogP contribution in [0.5, 0.6) is 0 Å². The first-order valence-electron chi connectivity index (χ1n) is 12.7. The molecule has 218 valence electrons. The number of rotatable bonds is 14. The topological polar surface area (TPSA) is 169 Å². The quantitative estimate of drug-likeness (QED) is 0.150. The fourth-order valence-electron chi connectivity index (χ4n) is 3.51. The molecule has 0 aliphatic rings. The molecule has 3 amide bonds. The van der Waals surface area contributed by atoms with Crippen molar-refractivity contribution in [2.45, 2.75) is 57.8 Å². The molecule has 2 aromatic carbocycles. The number of nitrogens with one attached hydrogen (secondary N) is 3. The van der Waals surface area contributed by atoms with Gasteiger partial charge in [0.15, 0.2) is 0 Å². The summed E-state index contributed by atoms with van der Waals surface area (Å²) < 4.78 is 28.0. The van der Waals surface area contributed by atoms with Gasteiger partial charge in [-0.2, -0.15) is 0 Å². The van der Waals surface area contributed by atoms with Crippen LogP contribution >= 0.6 is 7.37 Å².